The van der Waals surface area contributed by atoms with E-state index in [2.05, 4.69) is 38.1 Å². The van der Waals surface area contributed by atoms with E-state index in [-0.39, 0.29) is 0 Å². The van der Waals surface area contributed by atoms with E-state index in [4.69, 9.17) is 0 Å². The molecule has 0 aliphatic carbocycles. The molecule has 0 fully saturated rings. The quantitative estimate of drug-likeness (QED) is 0.630. The van der Waals surface area contributed by atoms with Crippen LogP contribution in [0.3, 0.4) is 0 Å². The summed E-state index contributed by atoms with van der Waals surface area (Å²) in [5, 5.41) is 0. The van der Waals surface area contributed by atoms with E-state index in [0.29, 0.717) is 0 Å². The summed E-state index contributed by atoms with van der Waals surface area (Å²) in [5.74, 6) is 0.757. The Morgan fingerprint density at radius 1 is 1.23 bits per heavy atom. The van der Waals surface area contributed by atoms with Crippen molar-refractivity contribution < 1.29 is 0 Å². The topological polar surface area (TPSA) is 0 Å². The van der Waals surface area contributed by atoms with Crippen molar-refractivity contribution in [2.45, 2.75) is 45.4 Å². The molecule has 0 atom stereocenters. The van der Waals surface area contributed by atoms with Crippen molar-refractivity contribution in [3.63, 3.8) is 0 Å². The van der Waals surface area contributed by atoms with Crippen molar-refractivity contribution in [2.24, 2.45) is 0 Å². The highest BCUT2D eigenvalue weighted by atomic mass is 14.1. The molecule has 0 aromatic heterocycles. The Balaban J connectivity index is 2.64. The molecule has 13 heavy (non-hydrogen) atoms. The zero-order chi connectivity index (χ0) is 9.52. The molecule has 0 spiro atoms. The third-order valence-corrected chi connectivity index (χ3v) is 2.48. The van der Waals surface area contributed by atoms with E-state index in [9.17, 15) is 0 Å². The fourth-order valence-electron chi connectivity index (χ4n) is 1.84. The lowest BCUT2D eigenvalue weighted by Crippen LogP contribution is -1.97. The van der Waals surface area contributed by atoms with Gasteiger partial charge >= 0.3 is 0 Å². The average molecular weight is 175 g/mol. The van der Waals surface area contributed by atoms with Gasteiger partial charge in [0.1, 0.15) is 0 Å². The minimum absolute atomic E-state index is 0.757. The second-order valence-electron chi connectivity index (χ2n) is 3.61. The Bertz CT molecular complexity index is 207. The molecule has 0 heteroatoms. The van der Waals surface area contributed by atoms with Gasteiger partial charge in [0.15, 0.2) is 0 Å². The van der Waals surface area contributed by atoms with Gasteiger partial charge in [0.25, 0.3) is 0 Å². The minimum Gasteiger partial charge on any atom is -0.0654 e. The van der Waals surface area contributed by atoms with Crippen molar-refractivity contribution in [3.05, 3.63) is 35.9 Å². The zero-order valence-corrected chi connectivity index (χ0v) is 8.72. The van der Waals surface area contributed by atoms with Gasteiger partial charge in [0.05, 0.1) is 0 Å². The van der Waals surface area contributed by atoms with E-state index in [0.717, 1.165) is 5.92 Å². The maximum absolute atomic E-state index is 3.16. The fraction of sp³-hybridized carbons (Fsp3) is 0.538. The summed E-state index contributed by atoms with van der Waals surface area (Å²) < 4.78 is 0. The summed E-state index contributed by atoms with van der Waals surface area (Å²) in [6, 6.07) is 11.6. The second-order valence-corrected chi connectivity index (χ2v) is 3.61. The van der Waals surface area contributed by atoms with Crippen LogP contribution in [0.25, 0.3) is 0 Å². The van der Waals surface area contributed by atoms with Crippen LogP contribution in [0, 0.1) is 6.07 Å². The highest BCUT2D eigenvalue weighted by Gasteiger charge is 2.07. The van der Waals surface area contributed by atoms with E-state index in [1.165, 1.54) is 31.2 Å². The first kappa shape index (κ1) is 10.3. The average Bonchev–Trinajstić information content (AvgIpc) is 2.19. The van der Waals surface area contributed by atoms with Crippen LogP contribution in [-0.4, -0.2) is 0 Å². The van der Waals surface area contributed by atoms with Gasteiger partial charge < -0.3 is 0 Å². The highest BCUT2D eigenvalue weighted by molar-refractivity contribution is 5.18. The molecule has 0 unspecified atom stereocenters. The van der Waals surface area contributed by atoms with E-state index < -0.39 is 0 Å². The van der Waals surface area contributed by atoms with Crippen molar-refractivity contribution in [1.82, 2.24) is 0 Å². The van der Waals surface area contributed by atoms with Crippen LogP contribution in [0.2, 0.25) is 0 Å². The molecule has 0 N–H and O–H groups in total. The largest absolute Gasteiger partial charge is 0.0654 e. The van der Waals surface area contributed by atoms with Gasteiger partial charge in [-0.3, -0.25) is 0 Å². The maximum Gasteiger partial charge on any atom is -0.0162 e. The van der Waals surface area contributed by atoms with Gasteiger partial charge in [0.2, 0.25) is 0 Å². The number of benzene rings is 1. The lowest BCUT2D eigenvalue weighted by atomic mass is 9.91. The first-order chi connectivity index (χ1) is 6.38. The standard InChI is InChI=1S/C13H19/c1-3-8-12(9-4-2)13-10-6-5-7-11-13/h5-6,10-12H,3-4,8-9H2,1-2H3. The van der Waals surface area contributed by atoms with Crippen LogP contribution in [-0.2, 0) is 0 Å². The lowest BCUT2D eigenvalue weighted by molar-refractivity contribution is 0.561. The molecule has 0 amide bonds. The monoisotopic (exact) mass is 175 g/mol. The Morgan fingerprint density at radius 2 is 1.92 bits per heavy atom. The Morgan fingerprint density at radius 3 is 2.38 bits per heavy atom. The van der Waals surface area contributed by atoms with Gasteiger partial charge in [-0.2, -0.15) is 0 Å². The molecule has 0 aliphatic heterocycles. The predicted octanol–water partition coefficient (Wildman–Crippen LogP) is 4.17. The Kier molecular flexibility index (Phi) is 4.59. The molecule has 1 aromatic rings. The van der Waals surface area contributed by atoms with E-state index in [1.54, 1.807) is 0 Å². The molecule has 71 valence electrons. The number of rotatable bonds is 5. The normalized spacial score (nSPS) is 10.7. The van der Waals surface area contributed by atoms with Gasteiger partial charge in [0, 0.05) is 0 Å². The summed E-state index contributed by atoms with van der Waals surface area (Å²) in [5.41, 5.74) is 1.46. The summed E-state index contributed by atoms with van der Waals surface area (Å²) in [4.78, 5) is 0. The molecular formula is C13H19. The predicted molar refractivity (Wildman–Crippen MR) is 57.8 cm³/mol. The van der Waals surface area contributed by atoms with Crippen LogP contribution in [0.4, 0.5) is 0 Å². The second kappa shape index (κ2) is 5.80. The van der Waals surface area contributed by atoms with E-state index >= 15 is 0 Å². The summed E-state index contributed by atoms with van der Waals surface area (Å²) in [6.45, 7) is 4.52. The number of hydrogen-bond acceptors (Lipinski definition) is 0. The van der Waals surface area contributed by atoms with Gasteiger partial charge in [-0.1, -0.05) is 51.0 Å². The van der Waals surface area contributed by atoms with Gasteiger partial charge in [-0.15, -0.1) is 0 Å². The van der Waals surface area contributed by atoms with Gasteiger partial charge in [-0.25, -0.2) is 0 Å². The fourth-order valence-corrected chi connectivity index (χ4v) is 1.84. The molecule has 0 aliphatic rings. The molecule has 0 nitrogen and oxygen atoms in total. The van der Waals surface area contributed by atoms with E-state index in [1.807, 2.05) is 6.07 Å². The Labute approximate surface area is 82.0 Å². The Hall–Kier alpha value is -0.780. The van der Waals surface area contributed by atoms with Crippen LogP contribution in [0.5, 0.6) is 0 Å². The first-order valence-corrected chi connectivity index (χ1v) is 5.34. The maximum atomic E-state index is 3.16. The summed E-state index contributed by atoms with van der Waals surface area (Å²) in [6.07, 6.45) is 5.18. The third kappa shape index (κ3) is 3.22. The van der Waals surface area contributed by atoms with Crippen LogP contribution in [0.1, 0.15) is 51.0 Å². The molecule has 0 bridgehead atoms. The molecule has 1 radical (unpaired) electrons. The first-order valence-electron chi connectivity index (χ1n) is 5.34. The molecule has 0 heterocycles. The van der Waals surface area contributed by atoms with Crippen LogP contribution >= 0.6 is 0 Å². The summed E-state index contributed by atoms with van der Waals surface area (Å²) >= 11 is 0. The van der Waals surface area contributed by atoms with Crippen molar-refractivity contribution in [2.75, 3.05) is 0 Å². The zero-order valence-electron chi connectivity index (χ0n) is 8.72. The number of hydrogen-bond donors (Lipinski definition) is 0. The SMILES string of the molecule is CCCC(CCC)c1c[c]ccc1. The van der Waals surface area contributed by atoms with Crippen molar-refractivity contribution in [1.29, 1.82) is 0 Å². The van der Waals surface area contributed by atoms with Crippen LogP contribution < -0.4 is 0 Å². The molecule has 0 saturated carbocycles. The molecular weight excluding hydrogens is 156 g/mol. The van der Waals surface area contributed by atoms with Crippen LogP contribution in [0.15, 0.2) is 24.3 Å². The molecule has 1 aromatic carbocycles. The lowest BCUT2D eigenvalue weighted by Gasteiger charge is -2.14. The molecule has 1 rings (SSSR count). The highest BCUT2D eigenvalue weighted by Crippen LogP contribution is 2.25. The smallest absolute Gasteiger partial charge is 0.0162 e. The molecule has 0 saturated heterocycles. The third-order valence-electron chi connectivity index (χ3n) is 2.48. The van der Waals surface area contributed by atoms with Gasteiger partial charge in [-0.05, 0) is 30.4 Å². The minimum atomic E-state index is 0.757. The van der Waals surface area contributed by atoms with Crippen molar-refractivity contribution >= 4 is 0 Å². The summed E-state index contributed by atoms with van der Waals surface area (Å²) in [7, 11) is 0. The van der Waals surface area contributed by atoms with Crippen molar-refractivity contribution in [3.8, 4) is 0 Å².